The van der Waals surface area contributed by atoms with Crippen molar-refractivity contribution >= 4 is 0 Å². The molecule has 0 spiro atoms. The molecule has 1 aromatic rings. The number of hydrogen-bond donors (Lipinski definition) is 0. The Kier molecular flexibility index (Phi) is 2.58. The Bertz CT molecular complexity index is 392. The molecule has 0 saturated carbocycles. The Morgan fingerprint density at radius 1 is 1.20 bits per heavy atom. The number of benzene rings is 1. The highest BCUT2D eigenvalue weighted by Gasteiger charge is 2.22. The standard InChI is InChI=1S/C13H13FO/c1-13(9-3-2-4-10-13)15-12-7-5-11(14)6-8-12/h2-9H,10H2,1H3. The Hall–Kier alpha value is -1.57. The van der Waals surface area contributed by atoms with E-state index in [9.17, 15) is 4.39 Å². The van der Waals surface area contributed by atoms with E-state index < -0.39 is 0 Å². The van der Waals surface area contributed by atoms with E-state index in [0.717, 1.165) is 6.42 Å². The molecule has 1 unspecified atom stereocenters. The molecule has 15 heavy (non-hydrogen) atoms. The van der Waals surface area contributed by atoms with E-state index in [0.29, 0.717) is 5.75 Å². The summed E-state index contributed by atoms with van der Waals surface area (Å²) in [6, 6.07) is 6.10. The van der Waals surface area contributed by atoms with Crippen LogP contribution in [0.3, 0.4) is 0 Å². The minimum atomic E-state index is -0.313. The Balaban J connectivity index is 2.11. The molecule has 0 aliphatic heterocycles. The largest absolute Gasteiger partial charge is 0.483 e. The van der Waals surface area contributed by atoms with Crippen LogP contribution in [0.5, 0.6) is 5.75 Å². The molecule has 78 valence electrons. The zero-order valence-electron chi connectivity index (χ0n) is 8.61. The van der Waals surface area contributed by atoms with Crippen LogP contribution in [0, 0.1) is 5.82 Å². The Morgan fingerprint density at radius 2 is 1.93 bits per heavy atom. The SMILES string of the molecule is CC1(Oc2ccc(F)cc2)C=CC=CC1. The highest BCUT2D eigenvalue weighted by atomic mass is 19.1. The lowest BCUT2D eigenvalue weighted by Gasteiger charge is -2.27. The first kappa shape index (κ1) is 9.97. The first-order valence-electron chi connectivity index (χ1n) is 4.97. The zero-order valence-corrected chi connectivity index (χ0v) is 8.61. The van der Waals surface area contributed by atoms with Gasteiger partial charge in [-0.25, -0.2) is 4.39 Å². The smallest absolute Gasteiger partial charge is 0.128 e. The first-order chi connectivity index (χ1) is 7.18. The van der Waals surface area contributed by atoms with E-state index in [1.165, 1.54) is 12.1 Å². The van der Waals surface area contributed by atoms with Crippen molar-refractivity contribution in [3.8, 4) is 5.75 Å². The summed E-state index contributed by atoms with van der Waals surface area (Å²) in [7, 11) is 0. The Morgan fingerprint density at radius 3 is 2.53 bits per heavy atom. The van der Waals surface area contributed by atoms with E-state index in [1.807, 2.05) is 25.2 Å². The molecular formula is C13H13FO. The van der Waals surface area contributed by atoms with Gasteiger partial charge in [-0.1, -0.05) is 18.2 Å². The fraction of sp³-hybridized carbons (Fsp3) is 0.231. The van der Waals surface area contributed by atoms with Crippen LogP contribution in [0.1, 0.15) is 13.3 Å². The van der Waals surface area contributed by atoms with Gasteiger partial charge < -0.3 is 4.74 Å². The summed E-state index contributed by atoms with van der Waals surface area (Å²) in [4.78, 5) is 0. The van der Waals surface area contributed by atoms with Gasteiger partial charge in [0.2, 0.25) is 0 Å². The lowest BCUT2D eigenvalue weighted by molar-refractivity contribution is 0.142. The van der Waals surface area contributed by atoms with Gasteiger partial charge >= 0.3 is 0 Å². The third kappa shape index (κ3) is 2.46. The Labute approximate surface area is 88.9 Å². The number of rotatable bonds is 2. The van der Waals surface area contributed by atoms with Crippen molar-refractivity contribution in [2.75, 3.05) is 0 Å². The zero-order chi connectivity index (χ0) is 10.7. The summed E-state index contributed by atoms with van der Waals surface area (Å²) < 4.78 is 18.5. The summed E-state index contributed by atoms with van der Waals surface area (Å²) >= 11 is 0. The van der Waals surface area contributed by atoms with E-state index in [4.69, 9.17) is 4.74 Å². The van der Waals surface area contributed by atoms with Crippen LogP contribution in [0.15, 0.2) is 48.6 Å². The first-order valence-corrected chi connectivity index (χ1v) is 4.97. The summed E-state index contributed by atoms with van der Waals surface area (Å²) in [6.07, 6.45) is 8.86. The van der Waals surface area contributed by atoms with Crippen molar-refractivity contribution in [1.29, 1.82) is 0 Å². The molecule has 0 aromatic heterocycles. The van der Waals surface area contributed by atoms with Gasteiger partial charge in [-0.3, -0.25) is 0 Å². The van der Waals surface area contributed by atoms with Crippen molar-refractivity contribution in [2.45, 2.75) is 18.9 Å². The quantitative estimate of drug-likeness (QED) is 0.716. The summed E-state index contributed by atoms with van der Waals surface area (Å²) in [5.41, 5.74) is -0.313. The molecule has 1 atom stereocenters. The summed E-state index contributed by atoms with van der Waals surface area (Å²) in [5.74, 6) is 0.449. The van der Waals surface area contributed by atoms with Gasteiger partial charge in [0.05, 0.1) is 0 Å². The molecule has 0 N–H and O–H groups in total. The molecule has 0 fully saturated rings. The average molecular weight is 204 g/mol. The van der Waals surface area contributed by atoms with Crippen LogP contribution in [0.4, 0.5) is 4.39 Å². The minimum absolute atomic E-state index is 0.244. The lowest BCUT2D eigenvalue weighted by Crippen LogP contribution is -2.30. The maximum absolute atomic E-state index is 12.7. The van der Waals surface area contributed by atoms with Crippen molar-refractivity contribution in [2.24, 2.45) is 0 Å². The molecule has 2 rings (SSSR count). The monoisotopic (exact) mass is 204 g/mol. The third-order valence-electron chi connectivity index (χ3n) is 2.38. The number of allylic oxidation sites excluding steroid dienone is 2. The minimum Gasteiger partial charge on any atom is -0.483 e. The molecule has 1 aliphatic rings. The molecule has 1 aromatic carbocycles. The van der Waals surface area contributed by atoms with Gasteiger partial charge in [0.1, 0.15) is 17.2 Å². The molecule has 0 radical (unpaired) electrons. The van der Waals surface area contributed by atoms with Gasteiger partial charge in [0.25, 0.3) is 0 Å². The van der Waals surface area contributed by atoms with Crippen LogP contribution in [0.2, 0.25) is 0 Å². The third-order valence-corrected chi connectivity index (χ3v) is 2.38. The fourth-order valence-corrected chi connectivity index (χ4v) is 1.56. The topological polar surface area (TPSA) is 9.23 Å². The number of ether oxygens (including phenoxy) is 1. The maximum Gasteiger partial charge on any atom is 0.128 e. The second-order valence-corrected chi connectivity index (χ2v) is 3.86. The molecule has 1 aliphatic carbocycles. The van der Waals surface area contributed by atoms with Crippen molar-refractivity contribution in [3.63, 3.8) is 0 Å². The van der Waals surface area contributed by atoms with E-state index in [-0.39, 0.29) is 11.4 Å². The van der Waals surface area contributed by atoms with Crippen LogP contribution >= 0.6 is 0 Å². The van der Waals surface area contributed by atoms with Crippen molar-refractivity contribution in [1.82, 2.24) is 0 Å². The van der Waals surface area contributed by atoms with Crippen LogP contribution in [0.25, 0.3) is 0 Å². The van der Waals surface area contributed by atoms with E-state index in [1.54, 1.807) is 12.1 Å². The summed E-state index contributed by atoms with van der Waals surface area (Å²) in [5, 5.41) is 0. The molecule has 1 nitrogen and oxygen atoms in total. The summed E-state index contributed by atoms with van der Waals surface area (Å²) in [6.45, 7) is 2.01. The van der Waals surface area contributed by atoms with Gasteiger partial charge in [0.15, 0.2) is 0 Å². The predicted molar refractivity (Wildman–Crippen MR) is 58.3 cm³/mol. The van der Waals surface area contributed by atoms with Crippen LogP contribution in [-0.2, 0) is 0 Å². The number of halogens is 1. The molecule has 0 bridgehead atoms. The molecular weight excluding hydrogens is 191 g/mol. The van der Waals surface area contributed by atoms with Gasteiger partial charge in [-0.2, -0.15) is 0 Å². The van der Waals surface area contributed by atoms with Crippen LogP contribution in [-0.4, -0.2) is 5.60 Å². The number of hydrogen-bond acceptors (Lipinski definition) is 1. The van der Waals surface area contributed by atoms with Crippen molar-refractivity contribution < 1.29 is 9.13 Å². The fourth-order valence-electron chi connectivity index (χ4n) is 1.56. The molecule has 0 amide bonds. The average Bonchev–Trinajstić information content (AvgIpc) is 2.22. The molecule has 2 heteroatoms. The molecule has 0 heterocycles. The van der Waals surface area contributed by atoms with E-state index in [2.05, 4.69) is 6.08 Å². The second kappa shape index (κ2) is 3.89. The van der Waals surface area contributed by atoms with Gasteiger partial charge in [0, 0.05) is 6.42 Å². The second-order valence-electron chi connectivity index (χ2n) is 3.86. The highest BCUT2D eigenvalue weighted by molar-refractivity contribution is 5.26. The normalized spacial score (nSPS) is 24.1. The van der Waals surface area contributed by atoms with Gasteiger partial charge in [-0.15, -0.1) is 0 Å². The van der Waals surface area contributed by atoms with Crippen LogP contribution < -0.4 is 4.74 Å². The maximum atomic E-state index is 12.7. The highest BCUT2D eigenvalue weighted by Crippen LogP contribution is 2.25. The van der Waals surface area contributed by atoms with E-state index >= 15 is 0 Å². The predicted octanol–water partition coefficient (Wildman–Crippen LogP) is 3.48. The van der Waals surface area contributed by atoms with Gasteiger partial charge in [-0.05, 0) is 37.3 Å². The van der Waals surface area contributed by atoms with Crippen molar-refractivity contribution in [3.05, 3.63) is 54.4 Å². The lowest BCUT2D eigenvalue weighted by atomic mass is 9.97. The molecule has 0 saturated heterocycles.